The van der Waals surface area contributed by atoms with Crippen LogP contribution in [0.2, 0.25) is 0 Å². The van der Waals surface area contributed by atoms with Crippen LogP contribution in [0.15, 0.2) is 30.5 Å². The van der Waals surface area contributed by atoms with E-state index in [-0.39, 0.29) is 12.5 Å². The first-order valence-electron chi connectivity index (χ1n) is 6.57. The minimum atomic E-state index is -0.199. The number of nitrogens with one attached hydrogen (secondary N) is 1. The molecule has 1 heterocycles. The fourth-order valence-corrected chi connectivity index (χ4v) is 1.86. The third kappa shape index (κ3) is 3.94. The average Bonchev–Trinajstić information content (AvgIpc) is 2.89. The second-order valence-electron chi connectivity index (χ2n) is 4.65. The number of hydrogen-bond donors (Lipinski definition) is 2. The smallest absolute Gasteiger partial charge is 0.251 e. The largest absolute Gasteiger partial charge is 0.384 e. The summed E-state index contributed by atoms with van der Waals surface area (Å²) in [4.78, 5) is 12.1. The van der Waals surface area contributed by atoms with Crippen molar-refractivity contribution in [2.24, 2.45) is 7.05 Å². The quantitative estimate of drug-likeness (QED) is 0.826. The number of carbonyl (C=O) groups is 1. The molecule has 0 aliphatic heterocycles. The van der Waals surface area contributed by atoms with E-state index in [1.165, 1.54) is 0 Å². The molecule has 0 aliphatic carbocycles. The Morgan fingerprint density at radius 2 is 2.24 bits per heavy atom. The summed E-state index contributed by atoms with van der Waals surface area (Å²) < 4.78 is 1.69. The predicted octanol–water partition coefficient (Wildman–Crippen LogP) is 1.00. The lowest BCUT2D eigenvalue weighted by Crippen LogP contribution is -2.23. The van der Waals surface area contributed by atoms with Gasteiger partial charge in [0.2, 0.25) is 0 Å². The van der Waals surface area contributed by atoms with Crippen molar-refractivity contribution in [2.45, 2.75) is 13.5 Å². The van der Waals surface area contributed by atoms with Crippen molar-refractivity contribution in [2.75, 3.05) is 6.61 Å². The van der Waals surface area contributed by atoms with Crippen LogP contribution in [0.25, 0.3) is 0 Å². The number of aliphatic hydroxyl groups excluding tert-OH is 1. The molecule has 2 aromatic rings. The Kier molecular flexibility index (Phi) is 4.75. The second-order valence-corrected chi connectivity index (χ2v) is 4.65. The van der Waals surface area contributed by atoms with Crippen LogP contribution in [0, 0.1) is 18.8 Å². The van der Waals surface area contributed by atoms with Crippen LogP contribution < -0.4 is 5.32 Å². The molecule has 0 atom stereocenters. The summed E-state index contributed by atoms with van der Waals surface area (Å²) in [6, 6.07) is 7.18. The third-order valence-electron chi connectivity index (χ3n) is 3.00. The SMILES string of the molecule is Cc1ccc(C(=O)NCc2ccn(C)n2)cc1C#CCO. The third-order valence-corrected chi connectivity index (χ3v) is 3.00. The minimum absolute atomic E-state index is 0.173. The number of nitrogens with zero attached hydrogens (tertiary/aromatic N) is 2. The molecule has 0 spiro atoms. The minimum Gasteiger partial charge on any atom is -0.384 e. The Morgan fingerprint density at radius 1 is 1.43 bits per heavy atom. The molecule has 0 aliphatic rings. The summed E-state index contributed by atoms with van der Waals surface area (Å²) in [6.07, 6.45) is 1.83. The van der Waals surface area contributed by atoms with Crippen molar-refractivity contribution in [1.82, 2.24) is 15.1 Å². The van der Waals surface area contributed by atoms with Crippen LogP contribution in [0.4, 0.5) is 0 Å². The van der Waals surface area contributed by atoms with Crippen LogP contribution in [0.3, 0.4) is 0 Å². The van der Waals surface area contributed by atoms with Crippen molar-refractivity contribution in [3.63, 3.8) is 0 Å². The first kappa shape index (κ1) is 14.8. The number of hydrogen-bond acceptors (Lipinski definition) is 3. The fourth-order valence-electron chi connectivity index (χ4n) is 1.86. The van der Waals surface area contributed by atoms with Crippen LogP contribution in [0.5, 0.6) is 0 Å². The molecule has 2 N–H and O–H groups in total. The topological polar surface area (TPSA) is 67.2 Å². The van der Waals surface area contributed by atoms with Crippen LogP contribution in [-0.2, 0) is 13.6 Å². The van der Waals surface area contributed by atoms with E-state index >= 15 is 0 Å². The van der Waals surface area contributed by atoms with Gasteiger partial charge in [-0.3, -0.25) is 9.48 Å². The number of aliphatic hydroxyl groups is 1. The average molecular weight is 283 g/mol. The lowest BCUT2D eigenvalue weighted by molar-refractivity contribution is 0.0950. The number of benzene rings is 1. The summed E-state index contributed by atoms with van der Waals surface area (Å²) in [6.45, 7) is 2.09. The lowest BCUT2D eigenvalue weighted by Gasteiger charge is -2.05. The van der Waals surface area contributed by atoms with Gasteiger partial charge in [0.25, 0.3) is 5.91 Å². The molecule has 5 heteroatoms. The zero-order chi connectivity index (χ0) is 15.2. The predicted molar refractivity (Wildman–Crippen MR) is 79.5 cm³/mol. The molecule has 2 rings (SSSR count). The maximum Gasteiger partial charge on any atom is 0.251 e. The first-order valence-corrected chi connectivity index (χ1v) is 6.57. The van der Waals surface area contributed by atoms with Crippen LogP contribution >= 0.6 is 0 Å². The highest BCUT2D eigenvalue weighted by molar-refractivity contribution is 5.94. The van der Waals surface area contributed by atoms with Crippen molar-refractivity contribution in [3.05, 3.63) is 52.8 Å². The normalized spacial score (nSPS) is 9.86. The molecule has 0 saturated heterocycles. The molecule has 0 fully saturated rings. The van der Waals surface area contributed by atoms with Gasteiger partial charge in [0, 0.05) is 24.4 Å². The monoisotopic (exact) mass is 283 g/mol. The molecule has 108 valence electrons. The molecule has 21 heavy (non-hydrogen) atoms. The Labute approximate surface area is 123 Å². The van der Waals surface area contributed by atoms with Crippen molar-refractivity contribution < 1.29 is 9.90 Å². The van der Waals surface area contributed by atoms with Gasteiger partial charge in [-0.1, -0.05) is 17.9 Å². The van der Waals surface area contributed by atoms with Gasteiger partial charge in [-0.2, -0.15) is 5.10 Å². The maximum atomic E-state index is 12.1. The van der Waals surface area contributed by atoms with Crippen molar-refractivity contribution in [3.8, 4) is 11.8 Å². The summed E-state index contributed by atoms with van der Waals surface area (Å²) in [5.41, 5.74) is 3.06. The second kappa shape index (κ2) is 6.73. The lowest BCUT2D eigenvalue weighted by atomic mass is 10.0. The summed E-state index contributed by atoms with van der Waals surface area (Å²) in [5, 5.41) is 15.8. The molecule has 0 unspecified atom stereocenters. The molecule has 0 radical (unpaired) electrons. The number of aryl methyl sites for hydroxylation is 2. The van der Waals surface area contributed by atoms with E-state index in [0.29, 0.717) is 12.1 Å². The van der Waals surface area contributed by atoms with Gasteiger partial charge in [-0.15, -0.1) is 0 Å². The standard InChI is InChI=1S/C16H17N3O2/c1-12-5-6-14(10-13(12)4-3-9-20)16(21)17-11-15-7-8-19(2)18-15/h5-8,10,20H,9,11H2,1-2H3,(H,17,21). The van der Waals surface area contributed by atoms with Gasteiger partial charge in [0.1, 0.15) is 6.61 Å². The first-order chi connectivity index (χ1) is 10.1. The Bertz CT molecular complexity index is 708. The number of aromatic nitrogens is 2. The van der Waals surface area contributed by atoms with E-state index in [9.17, 15) is 4.79 Å². The summed E-state index contributed by atoms with van der Waals surface area (Å²) in [5.74, 6) is 5.26. The van der Waals surface area contributed by atoms with Crippen LogP contribution in [-0.4, -0.2) is 27.4 Å². The number of rotatable bonds is 3. The van der Waals surface area contributed by atoms with Gasteiger partial charge >= 0.3 is 0 Å². The Balaban J connectivity index is 2.08. The summed E-state index contributed by atoms with van der Waals surface area (Å²) >= 11 is 0. The molecular formula is C16H17N3O2. The zero-order valence-corrected chi connectivity index (χ0v) is 12.1. The zero-order valence-electron chi connectivity index (χ0n) is 12.1. The van der Waals surface area contributed by atoms with Gasteiger partial charge in [0.05, 0.1) is 12.2 Å². The van der Waals surface area contributed by atoms with Gasteiger partial charge in [-0.25, -0.2) is 0 Å². The highest BCUT2D eigenvalue weighted by atomic mass is 16.2. The van der Waals surface area contributed by atoms with E-state index in [4.69, 9.17) is 5.11 Å². The highest BCUT2D eigenvalue weighted by Crippen LogP contribution is 2.10. The fraction of sp³-hybridized carbons (Fsp3) is 0.250. The van der Waals surface area contributed by atoms with E-state index in [0.717, 1.165) is 16.8 Å². The Hall–Kier alpha value is -2.58. The molecule has 1 amide bonds. The van der Waals surface area contributed by atoms with Crippen LogP contribution in [0.1, 0.15) is 27.2 Å². The number of amides is 1. The van der Waals surface area contributed by atoms with Gasteiger partial charge in [0.15, 0.2) is 0 Å². The van der Waals surface area contributed by atoms with E-state index < -0.39 is 0 Å². The van der Waals surface area contributed by atoms with E-state index in [2.05, 4.69) is 22.3 Å². The van der Waals surface area contributed by atoms with E-state index in [1.54, 1.807) is 16.8 Å². The molecular weight excluding hydrogens is 266 g/mol. The summed E-state index contributed by atoms with van der Waals surface area (Å²) in [7, 11) is 1.83. The molecule has 0 bridgehead atoms. The van der Waals surface area contributed by atoms with Gasteiger partial charge < -0.3 is 10.4 Å². The van der Waals surface area contributed by atoms with Crippen molar-refractivity contribution >= 4 is 5.91 Å². The molecule has 5 nitrogen and oxygen atoms in total. The van der Waals surface area contributed by atoms with E-state index in [1.807, 2.05) is 32.3 Å². The Morgan fingerprint density at radius 3 is 2.90 bits per heavy atom. The maximum absolute atomic E-state index is 12.1. The molecule has 1 aromatic heterocycles. The highest BCUT2D eigenvalue weighted by Gasteiger charge is 2.08. The van der Waals surface area contributed by atoms with Crippen molar-refractivity contribution in [1.29, 1.82) is 0 Å². The molecule has 1 aromatic carbocycles. The molecule has 0 saturated carbocycles. The van der Waals surface area contributed by atoms with Gasteiger partial charge in [-0.05, 0) is 30.7 Å². The number of carbonyl (C=O) groups excluding carboxylic acids is 1.